The lowest BCUT2D eigenvalue weighted by molar-refractivity contribution is -0.280. The van der Waals surface area contributed by atoms with Crippen molar-refractivity contribution >= 4 is 16.8 Å². The summed E-state index contributed by atoms with van der Waals surface area (Å²) in [5.74, 6) is -1.25. The molecule has 0 amide bonds. The maximum Gasteiger partial charge on any atom is 0.281 e. The number of ether oxygens (including phenoxy) is 2. The molecule has 1 fully saturated rings. The van der Waals surface area contributed by atoms with Crippen LogP contribution in [-0.4, -0.2) is 23.2 Å². The topological polar surface area (TPSA) is 35.5 Å². The van der Waals surface area contributed by atoms with E-state index in [0.717, 1.165) is 6.42 Å². The minimum absolute atomic E-state index is 0.0152. The minimum Gasteiger partial charge on any atom is -0.340 e. The van der Waals surface area contributed by atoms with Crippen molar-refractivity contribution in [2.45, 2.75) is 45.2 Å². The lowest BCUT2D eigenvalue weighted by atomic mass is 10.1. The van der Waals surface area contributed by atoms with Gasteiger partial charge in [0.15, 0.2) is 0 Å². The average molecular weight is 193 g/mol. The molecule has 0 aromatic heterocycles. The first-order valence-corrected chi connectivity index (χ1v) is 4.37. The lowest BCUT2D eigenvalue weighted by Crippen LogP contribution is -2.48. The van der Waals surface area contributed by atoms with Crippen LogP contribution in [0.4, 0.5) is 0 Å². The largest absolute Gasteiger partial charge is 0.340 e. The number of carbonyl (C=O) groups excluding carboxylic acids is 1. The zero-order valence-corrected chi connectivity index (χ0v) is 8.22. The molecular formula is C8H13ClO3. The molecule has 1 saturated heterocycles. The molecule has 0 radical (unpaired) electrons. The van der Waals surface area contributed by atoms with Gasteiger partial charge >= 0.3 is 0 Å². The van der Waals surface area contributed by atoms with Crippen LogP contribution in [0.2, 0.25) is 0 Å². The van der Waals surface area contributed by atoms with Gasteiger partial charge in [0.2, 0.25) is 5.79 Å². The Labute approximate surface area is 77.0 Å². The maximum atomic E-state index is 10.9. The highest BCUT2D eigenvalue weighted by molar-refractivity contribution is 6.65. The van der Waals surface area contributed by atoms with Crippen LogP contribution in [0.25, 0.3) is 0 Å². The van der Waals surface area contributed by atoms with Crippen molar-refractivity contribution in [1.29, 1.82) is 0 Å². The third-order valence-electron chi connectivity index (χ3n) is 1.87. The van der Waals surface area contributed by atoms with E-state index in [1.165, 1.54) is 0 Å². The average Bonchev–Trinajstić information content (AvgIpc) is 1.82. The second-order valence-corrected chi connectivity index (χ2v) is 3.66. The molecule has 1 rings (SSSR count). The maximum absolute atomic E-state index is 10.9. The number of hydrogen-bond acceptors (Lipinski definition) is 3. The van der Waals surface area contributed by atoms with Crippen molar-refractivity contribution in [3.05, 3.63) is 0 Å². The predicted molar refractivity (Wildman–Crippen MR) is 45.0 cm³/mol. The van der Waals surface area contributed by atoms with E-state index in [1.54, 1.807) is 6.92 Å². The van der Waals surface area contributed by atoms with Gasteiger partial charge in [-0.15, -0.1) is 0 Å². The molecule has 0 spiro atoms. The molecular weight excluding hydrogens is 180 g/mol. The van der Waals surface area contributed by atoms with Crippen LogP contribution in [0, 0.1) is 0 Å². The molecule has 3 nitrogen and oxygen atoms in total. The highest BCUT2D eigenvalue weighted by atomic mass is 35.5. The van der Waals surface area contributed by atoms with E-state index in [2.05, 4.69) is 0 Å². The molecule has 12 heavy (non-hydrogen) atoms. The third-order valence-corrected chi connectivity index (χ3v) is 2.22. The summed E-state index contributed by atoms with van der Waals surface area (Å²) in [6, 6.07) is 0. The normalized spacial score (nSPS) is 42.7. The second-order valence-electron chi connectivity index (χ2n) is 3.31. The highest BCUT2D eigenvalue weighted by Crippen LogP contribution is 2.28. The van der Waals surface area contributed by atoms with E-state index in [1.807, 2.05) is 13.8 Å². The first-order valence-electron chi connectivity index (χ1n) is 3.99. The van der Waals surface area contributed by atoms with E-state index in [4.69, 9.17) is 21.1 Å². The van der Waals surface area contributed by atoms with Crippen LogP contribution in [0.1, 0.15) is 27.2 Å². The quantitative estimate of drug-likeness (QED) is 0.593. The number of hydrogen-bond donors (Lipinski definition) is 0. The summed E-state index contributed by atoms with van der Waals surface area (Å²) in [4.78, 5) is 10.9. The van der Waals surface area contributed by atoms with Gasteiger partial charge in [-0.2, -0.15) is 0 Å². The van der Waals surface area contributed by atoms with Crippen molar-refractivity contribution in [2.75, 3.05) is 0 Å². The number of rotatable bonds is 1. The Morgan fingerprint density at radius 2 is 1.83 bits per heavy atom. The fraction of sp³-hybridized carbons (Fsp3) is 0.875. The van der Waals surface area contributed by atoms with Crippen LogP contribution < -0.4 is 0 Å². The van der Waals surface area contributed by atoms with Gasteiger partial charge in [-0.1, -0.05) is 0 Å². The Morgan fingerprint density at radius 3 is 2.17 bits per heavy atom. The minimum atomic E-state index is -1.25. The van der Waals surface area contributed by atoms with Gasteiger partial charge in [0, 0.05) is 0 Å². The Kier molecular flexibility index (Phi) is 2.76. The molecule has 4 heteroatoms. The zero-order valence-electron chi connectivity index (χ0n) is 7.46. The zero-order chi connectivity index (χ0) is 9.35. The van der Waals surface area contributed by atoms with Crippen molar-refractivity contribution in [3.63, 3.8) is 0 Å². The standard InChI is InChI=1S/C8H13ClO3/c1-5-4-6(2)12-8(3,11-5)7(9)10/h5-6H,4H2,1-3H3. The predicted octanol–water partition coefficient (Wildman–Crippen LogP) is 1.68. The summed E-state index contributed by atoms with van der Waals surface area (Å²) < 4.78 is 10.6. The van der Waals surface area contributed by atoms with Crippen LogP contribution in [0.3, 0.4) is 0 Å². The summed E-state index contributed by atoms with van der Waals surface area (Å²) in [7, 11) is 0. The summed E-state index contributed by atoms with van der Waals surface area (Å²) in [5, 5.41) is -0.596. The molecule has 0 saturated carbocycles. The van der Waals surface area contributed by atoms with E-state index in [0.29, 0.717) is 0 Å². The van der Waals surface area contributed by atoms with Crippen molar-refractivity contribution in [3.8, 4) is 0 Å². The van der Waals surface area contributed by atoms with Gasteiger partial charge in [-0.25, -0.2) is 0 Å². The fourth-order valence-electron chi connectivity index (χ4n) is 1.45. The Bertz CT molecular complexity index is 183. The first-order chi connectivity index (χ1) is 5.44. The third kappa shape index (κ3) is 1.97. The molecule has 1 heterocycles. The summed E-state index contributed by atoms with van der Waals surface area (Å²) in [6.45, 7) is 5.35. The molecule has 0 bridgehead atoms. The van der Waals surface area contributed by atoms with Crippen LogP contribution in [0.15, 0.2) is 0 Å². The van der Waals surface area contributed by atoms with Gasteiger partial charge in [0.05, 0.1) is 12.2 Å². The van der Waals surface area contributed by atoms with Crippen molar-refractivity contribution in [1.82, 2.24) is 0 Å². The summed E-state index contributed by atoms with van der Waals surface area (Å²) in [5.41, 5.74) is 0. The molecule has 0 aromatic carbocycles. The van der Waals surface area contributed by atoms with Gasteiger partial charge in [0.25, 0.3) is 5.24 Å². The monoisotopic (exact) mass is 192 g/mol. The Balaban J connectivity index is 2.71. The molecule has 70 valence electrons. The van der Waals surface area contributed by atoms with Crippen LogP contribution >= 0.6 is 11.6 Å². The number of carbonyl (C=O) groups is 1. The van der Waals surface area contributed by atoms with Crippen molar-refractivity contribution < 1.29 is 14.3 Å². The van der Waals surface area contributed by atoms with Gasteiger partial charge in [-0.3, -0.25) is 4.79 Å². The molecule has 0 aliphatic carbocycles. The van der Waals surface area contributed by atoms with Gasteiger partial charge < -0.3 is 9.47 Å². The molecule has 1 aliphatic heterocycles. The SMILES string of the molecule is CC1CC(C)OC(C)(C(=O)Cl)O1. The number of halogens is 1. The molecule has 1 aliphatic rings. The molecule has 2 unspecified atom stereocenters. The summed E-state index contributed by atoms with van der Waals surface area (Å²) >= 11 is 5.34. The molecule has 0 aromatic rings. The Hall–Kier alpha value is -0.120. The van der Waals surface area contributed by atoms with E-state index < -0.39 is 11.0 Å². The van der Waals surface area contributed by atoms with Crippen molar-refractivity contribution in [2.24, 2.45) is 0 Å². The molecule has 2 atom stereocenters. The van der Waals surface area contributed by atoms with E-state index in [9.17, 15) is 4.79 Å². The smallest absolute Gasteiger partial charge is 0.281 e. The van der Waals surface area contributed by atoms with E-state index in [-0.39, 0.29) is 12.2 Å². The lowest BCUT2D eigenvalue weighted by Gasteiger charge is -2.37. The summed E-state index contributed by atoms with van der Waals surface area (Å²) in [6.07, 6.45) is 0.822. The van der Waals surface area contributed by atoms with E-state index >= 15 is 0 Å². The Morgan fingerprint density at radius 1 is 1.42 bits per heavy atom. The fourth-order valence-corrected chi connectivity index (χ4v) is 1.54. The second kappa shape index (κ2) is 3.32. The van der Waals surface area contributed by atoms with Gasteiger partial charge in [-0.05, 0) is 38.8 Å². The molecule has 0 N–H and O–H groups in total. The first kappa shape index (κ1) is 9.96. The van der Waals surface area contributed by atoms with Crippen LogP contribution in [0.5, 0.6) is 0 Å². The van der Waals surface area contributed by atoms with Gasteiger partial charge in [0.1, 0.15) is 0 Å². The van der Waals surface area contributed by atoms with Crippen LogP contribution in [-0.2, 0) is 14.3 Å². The highest BCUT2D eigenvalue weighted by Gasteiger charge is 2.41.